The topological polar surface area (TPSA) is 176 Å². The molecule has 4 aromatic carbocycles. The number of benzene rings is 4. The number of rotatable bonds is 16. The summed E-state index contributed by atoms with van der Waals surface area (Å²) in [7, 11) is -3.74. The molecule has 6 aromatic rings. The van der Waals surface area contributed by atoms with Crippen molar-refractivity contribution in [3.8, 4) is 0 Å². The summed E-state index contributed by atoms with van der Waals surface area (Å²) in [4.78, 5) is 25.8. The second-order valence-corrected chi connectivity index (χ2v) is 27.1. The molecule has 0 unspecified atom stereocenters. The minimum Gasteiger partial charge on any atom is -0.347 e. The van der Waals surface area contributed by atoms with Gasteiger partial charge in [0.2, 0.25) is 0 Å². The van der Waals surface area contributed by atoms with E-state index < -0.39 is 73.4 Å². The van der Waals surface area contributed by atoms with Crippen molar-refractivity contribution in [3.05, 3.63) is 143 Å². The fourth-order valence-corrected chi connectivity index (χ4v) is 17.6. The summed E-state index contributed by atoms with van der Waals surface area (Å²) in [5.41, 5.74) is 1.19. The quantitative estimate of drug-likeness (QED) is 0.0691. The number of hydrogen-bond acceptors (Lipinski definition) is 14. The summed E-state index contributed by atoms with van der Waals surface area (Å²) in [6, 6.07) is 36.8. The van der Waals surface area contributed by atoms with Crippen LogP contribution >= 0.6 is 52.1 Å². The van der Waals surface area contributed by atoms with Crippen LogP contribution in [0.5, 0.6) is 0 Å². The summed E-state index contributed by atoms with van der Waals surface area (Å²) in [6.45, 7) is 7.24. The summed E-state index contributed by atoms with van der Waals surface area (Å²) < 4.78 is 77.9. The van der Waals surface area contributed by atoms with E-state index >= 15 is 0 Å². The van der Waals surface area contributed by atoms with Crippen molar-refractivity contribution in [2.75, 3.05) is 23.4 Å². The van der Waals surface area contributed by atoms with E-state index in [-0.39, 0.29) is 35.0 Å². The molecule has 3 aliphatic heterocycles. The van der Waals surface area contributed by atoms with Gasteiger partial charge in [-0.15, -0.1) is 0 Å². The van der Waals surface area contributed by atoms with Crippen molar-refractivity contribution in [2.45, 2.75) is 98.3 Å². The molecule has 1 saturated carbocycles. The zero-order chi connectivity index (χ0) is 46.6. The zero-order valence-electron chi connectivity index (χ0n) is 36.8. The third-order valence-corrected chi connectivity index (χ3v) is 20.4. The molecule has 21 heteroatoms. The number of ether oxygens (including phenoxy) is 5. The van der Waals surface area contributed by atoms with Crippen molar-refractivity contribution in [1.82, 2.24) is 19.1 Å². The maximum absolute atomic E-state index is 14.7. The normalized spacial score (nSPS) is 26.4. The summed E-state index contributed by atoms with van der Waals surface area (Å²) in [5, 5.41) is 6.16. The fraction of sp³-hybridized carbons (Fsp3) is 0.370. The Morgan fingerprint density at radius 3 is 1.82 bits per heavy atom. The molecule has 10 rings (SSSR count). The van der Waals surface area contributed by atoms with Gasteiger partial charge in [-0.2, -0.15) is 0 Å². The number of para-hydroxylation sites is 2. The van der Waals surface area contributed by atoms with Crippen LogP contribution in [0.4, 0.5) is 11.4 Å². The summed E-state index contributed by atoms with van der Waals surface area (Å²) >= 11 is 5.97. The Balaban J connectivity index is 0.906. The molecule has 67 heavy (non-hydrogen) atoms. The van der Waals surface area contributed by atoms with Crippen molar-refractivity contribution >= 4 is 74.7 Å². The molecule has 5 heterocycles. The number of halogens is 1. The van der Waals surface area contributed by atoms with Gasteiger partial charge in [0.1, 0.15) is 30.7 Å². The highest BCUT2D eigenvalue weighted by Crippen LogP contribution is 2.74. The van der Waals surface area contributed by atoms with Gasteiger partial charge in [0.25, 0.3) is 5.56 Å². The summed E-state index contributed by atoms with van der Waals surface area (Å²) in [6.07, 6.45) is -2.04. The van der Waals surface area contributed by atoms with Crippen molar-refractivity contribution < 1.29 is 41.9 Å². The first-order valence-corrected chi connectivity index (χ1v) is 28.7. The predicted octanol–water partition coefficient (Wildman–Crippen LogP) is 10.9. The van der Waals surface area contributed by atoms with Gasteiger partial charge in [0.15, 0.2) is 33.7 Å². The average Bonchev–Trinajstić information content (AvgIpc) is 4.07. The Hall–Kier alpha value is -3.81. The first-order chi connectivity index (χ1) is 32.1. The molecular weight excluding hydrogens is 1000 g/mol. The van der Waals surface area contributed by atoms with Gasteiger partial charge in [0.05, 0.1) is 25.4 Å². The lowest BCUT2D eigenvalue weighted by molar-refractivity contribution is -0.199. The third kappa shape index (κ3) is 10.1. The molecule has 352 valence electrons. The van der Waals surface area contributed by atoms with Crippen LogP contribution in [0.3, 0.4) is 0 Å². The van der Waals surface area contributed by atoms with E-state index in [0.717, 1.165) is 9.79 Å². The lowest BCUT2D eigenvalue weighted by Crippen LogP contribution is -2.34. The molecule has 0 spiro atoms. The Kier molecular flexibility index (Phi) is 13.2. The van der Waals surface area contributed by atoms with Gasteiger partial charge >= 0.3 is 13.4 Å². The smallest absolute Gasteiger partial charge is 0.347 e. The second-order valence-electron chi connectivity index (χ2n) is 17.5. The van der Waals surface area contributed by atoms with E-state index in [0.29, 0.717) is 17.8 Å². The van der Waals surface area contributed by atoms with Gasteiger partial charge in [-0.25, -0.2) is 14.5 Å². The SMILES string of the molecule is CC1(C)O[C@@H]2[C@@H](COP(=O)(Nc3ccccc3)Nc3ccccc3)C[C@@H](n3cnc4c(nc(Br)n4[C@@H]4O[C@H](COP(=O)(Sc5ccccc5)Sc5ccccc5)[C@H]5OC(C)(C)O[C@H]54)c3=O)[C@@H]2O1. The standard InChI is InChI=1S/C46H49BrN6O10P2S2/c1-45(2)60-37-29(26-57-64(55,50-30-17-9-5-10-18-30)51-31-19-11-6-12-20-31)25-34(38(37)61-45)52-28-48-41-36(42(52)54)49-44(47)53(41)43-40-39(62-46(3,4)63-40)35(59-43)27-58-65(56,66-32-21-13-7-14-22-32)67-33-23-15-8-16-24-33/h5-24,28-29,34-35,37-40,43H,25-27H2,1-4H3,(H2,50,51,55)/t29-,34-,35-,37-,38+,39-,40-,43-/m1/s1. The Morgan fingerprint density at radius 2 is 1.24 bits per heavy atom. The van der Waals surface area contributed by atoms with Crippen LogP contribution in [-0.2, 0) is 41.9 Å². The van der Waals surface area contributed by atoms with Crippen LogP contribution in [-0.4, -0.2) is 74.4 Å². The predicted molar refractivity (Wildman–Crippen MR) is 260 cm³/mol. The Labute approximate surface area is 403 Å². The molecule has 0 bridgehead atoms. The van der Waals surface area contributed by atoms with Gasteiger partial charge < -0.3 is 28.2 Å². The van der Waals surface area contributed by atoms with Gasteiger partial charge in [-0.05, 0) is 121 Å². The minimum absolute atomic E-state index is 0.0227. The zero-order valence-corrected chi connectivity index (χ0v) is 41.8. The lowest BCUT2D eigenvalue weighted by atomic mass is 10.1. The number of anilines is 2. The van der Waals surface area contributed by atoms with Crippen molar-refractivity contribution in [3.63, 3.8) is 0 Å². The second kappa shape index (κ2) is 18.8. The molecule has 4 fully saturated rings. The fourth-order valence-electron chi connectivity index (χ4n) is 9.03. The Bertz CT molecular complexity index is 2780. The minimum atomic E-state index is -3.74. The molecular formula is C46H49BrN6O10P2S2. The largest absolute Gasteiger partial charge is 0.391 e. The van der Waals surface area contributed by atoms with Gasteiger partial charge in [-0.3, -0.25) is 33.2 Å². The highest BCUT2D eigenvalue weighted by atomic mass is 79.9. The van der Waals surface area contributed by atoms with Crippen LogP contribution in [0.15, 0.2) is 147 Å². The van der Waals surface area contributed by atoms with E-state index in [4.69, 9.17) is 42.7 Å². The maximum atomic E-state index is 14.7. The number of nitrogens with zero attached hydrogens (tertiary/aromatic N) is 4. The maximum Gasteiger partial charge on any atom is 0.391 e. The lowest BCUT2D eigenvalue weighted by Gasteiger charge is -2.26. The van der Waals surface area contributed by atoms with E-state index in [1.54, 1.807) is 4.57 Å². The van der Waals surface area contributed by atoms with Crippen molar-refractivity contribution in [1.29, 1.82) is 0 Å². The van der Waals surface area contributed by atoms with Gasteiger partial charge in [0, 0.05) is 27.1 Å². The number of aromatic nitrogens is 4. The monoisotopic (exact) mass is 1050 g/mol. The Morgan fingerprint density at radius 1 is 0.716 bits per heavy atom. The molecule has 3 saturated heterocycles. The van der Waals surface area contributed by atoms with Crippen molar-refractivity contribution in [2.24, 2.45) is 5.92 Å². The molecule has 2 N–H and O–H groups in total. The van der Waals surface area contributed by atoms with Crippen LogP contribution in [0, 0.1) is 5.92 Å². The molecule has 8 atom stereocenters. The van der Waals surface area contributed by atoms with Crippen LogP contribution in [0.1, 0.15) is 46.4 Å². The van der Waals surface area contributed by atoms with Crippen LogP contribution < -0.4 is 15.7 Å². The highest BCUT2D eigenvalue weighted by Gasteiger charge is 2.58. The first kappa shape index (κ1) is 46.9. The van der Waals surface area contributed by atoms with Crippen LogP contribution in [0.2, 0.25) is 0 Å². The van der Waals surface area contributed by atoms with E-state index in [2.05, 4.69) is 26.1 Å². The number of imidazole rings is 1. The molecule has 4 aliphatic rings. The molecule has 16 nitrogen and oxygen atoms in total. The molecule has 0 amide bonds. The van der Waals surface area contributed by atoms with Crippen LogP contribution in [0.25, 0.3) is 11.2 Å². The molecule has 0 radical (unpaired) electrons. The average molecular weight is 1050 g/mol. The van der Waals surface area contributed by atoms with E-state index in [1.807, 2.05) is 149 Å². The van der Waals surface area contributed by atoms with Gasteiger partial charge in [-0.1, -0.05) is 72.8 Å². The highest BCUT2D eigenvalue weighted by molar-refractivity contribution is 9.10. The molecule has 2 aromatic heterocycles. The molecule has 1 aliphatic carbocycles. The number of hydrogen-bond donors (Lipinski definition) is 2. The first-order valence-electron chi connectivity index (χ1n) is 21.8. The number of nitrogens with one attached hydrogen (secondary N) is 2. The third-order valence-electron chi connectivity index (χ3n) is 11.8. The number of fused-ring (bicyclic) bond motifs is 3. The van der Waals surface area contributed by atoms with E-state index in [9.17, 15) is 13.9 Å². The van der Waals surface area contributed by atoms with E-state index in [1.165, 1.54) is 33.7 Å². The summed E-state index contributed by atoms with van der Waals surface area (Å²) in [5.74, 6) is -5.75.